The second-order valence-corrected chi connectivity index (χ2v) is 7.19. The molecule has 3 aromatic carbocycles. The zero-order valence-corrected chi connectivity index (χ0v) is 16.1. The van der Waals surface area contributed by atoms with Crippen molar-refractivity contribution in [3.8, 4) is 5.75 Å². The average Bonchev–Trinajstić information content (AvgIpc) is 2.59. The van der Waals surface area contributed by atoms with Gasteiger partial charge in [0, 0.05) is 6.42 Å². The largest absolute Gasteiger partial charge is 0.506 e. The quantitative estimate of drug-likeness (QED) is 0.505. The summed E-state index contributed by atoms with van der Waals surface area (Å²) in [6.07, 6.45) is 0.139. The molecule has 0 radical (unpaired) electrons. The van der Waals surface area contributed by atoms with E-state index in [1.807, 2.05) is 36.4 Å². The summed E-state index contributed by atoms with van der Waals surface area (Å²) in [5, 5.41) is 21.3. The van der Waals surface area contributed by atoms with Crippen LogP contribution in [-0.2, 0) is 11.2 Å². The molecule has 0 bridgehead atoms. The second-order valence-electron chi connectivity index (χ2n) is 5.48. The van der Waals surface area contributed by atoms with Gasteiger partial charge in [-0.3, -0.25) is 0 Å². The molecule has 126 valence electrons. The SMILES string of the molecule is O=C(O)C(Cc1cc(Br)c(O)c(Br)c1)=Nc1ccc2ccccc2c1. The van der Waals surface area contributed by atoms with Crippen molar-refractivity contribution < 1.29 is 15.0 Å². The van der Waals surface area contributed by atoms with E-state index in [9.17, 15) is 15.0 Å². The molecular formula is C19H13Br2NO3. The number of rotatable bonds is 4. The molecule has 0 saturated carbocycles. The number of phenolic OH excluding ortho intramolecular Hbond substituents is 1. The molecule has 0 aliphatic carbocycles. The molecule has 0 unspecified atom stereocenters. The zero-order chi connectivity index (χ0) is 18.0. The number of halogens is 2. The predicted octanol–water partition coefficient (Wildman–Crippen LogP) is 5.47. The Morgan fingerprint density at radius 2 is 1.60 bits per heavy atom. The van der Waals surface area contributed by atoms with Crippen LogP contribution in [0.3, 0.4) is 0 Å². The minimum Gasteiger partial charge on any atom is -0.506 e. The number of aromatic hydroxyl groups is 1. The number of hydrogen-bond acceptors (Lipinski definition) is 3. The van der Waals surface area contributed by atoms with Gasteiger partial charge in [-0.2, -0.15) is 0 Å². The number of aliphatic imine (C=N–C) groups is 1. The fraction of sp³-hybridized carbons (Fsp3) is 0.0526. The van der Waals surface area contributed by atoms with Crippen LogP contribution in [0.5, 0.6) is 5.75 Å². The molecule has 0 aliphatic rings. The Hall–Kier alpha value is -2.18. The minimum absolute atomic E-state index is 0.0276. The van der Waals surface area contributed by atoms with Crippen LogP contribution in [0, 0.1) is 0 Å². The lowest BCUT2D eigenvalue weighted by atomic mass is 10.1. The van der Waals surface area contributed by atoms with Crippen molar-refractivity contribution in [2.45, 2.75) is 6.42 Å². The normalized spacial score (nSPS) is 11.7. The maximum atomic E-state index is 11.6. The van der Waals surface area contributed by atoms with Crippen LogP contribution in [0.4, 0.5) is 5.69 Å². The van der Waals surface area contributed by atoms with Gasteiger partial charge in [-0.05, 0) is 72.5 Å². The Balaban J connectivity index is 1.97. The highest BCUT2D eigenvalue weighted by molar-refractivity contribution is 9.11. The smallest absolute Gasteiger partial charge is 0.350 e. The molecule has 2 N–H and O–H groups in total. The standard InChI is InChI=1S/C19H13Br2NO3/c20-15-7-11(8-16(21)18(15)23)9-17(19(24)25)22-14-6-5-12-3-1-2-4-13(12)10-14/h1-8,10,23H,9H2,(H,24,25). The van der Waals surface area contributed by atoms with Crippen LogP contribution in [-0.4, -0.2) is 21.9 Å². The van der Waals surface area contributed by atoms with Crippen LogP contribution in [0.2, 0.25) is 0 Å². The summed E-state index contributed by atoms with van der Waals surface area (Å²) in [7, 11) is 0. The van der Waals surface area contributed by atoms with E-state index >= 15 is 0 Å². The number of nitrogens with zero attached hydrogens (tertiary/aromatic N) is 1. The highest BCUT2D eigenvalue weighted by Crippen LogP contribution is 2.33. The van der Waals surface area contributed by atoms with Crippen molar-refractivity contribution in [3.63, 3.8) is 0 Å². The molecule has 0 amide bonds. The molecule has 0 fully saturated rings. The minimum atomic E-state index is -1.08. The van der Waals surface area contributed by atoms with Crippen LogP contribution < -0.4 is 0 Å². The highest BCUT2D eigenvalue weighted by Gasteiger charge is 2.14. The third-order valence-electron chi connectivity index (χ3n) is 3.69. The van der Waals surface area contributed by atoms with E-state index in [-0.39, 0.29) is 17.9 Å². The number of benzene rings is 3. The van der Waals surface area contributed by atoms with E-state index in [1.165, 1.54) is 0 Å². The van der Waals surface area contributed by atoms with E-state index < -0.39 is 5.97 Å². The second kappa shape index (κ2) is 7.37. The van der Waals surface area contributed by atoms with Gasteiger partial charge in [-0.1, -0.05) is 30.3 Å². The molecule has 4 nitrogen and oxygen atoms in total. The molecule has 0 heterocycles. The third-order valence-corrected chi connectivity index (χ3v) is 4.90. The molecule has 0 atom stereocenters. The van der Waals surface area contributed by atoms with Gasteiger partial charge in [0.25, 0.3) is 0 Å². The summed E-state index contributed by atoms with van der Waals surface area (Å²) in [6.45, 7) is 0. The first-order chi connectivity index (χ1) is 11.9. The van der Waals surface area contributed by atoms with Gasteiger partial charge in [-0.25, -0.2) is 9.79 Å². The summed E-state index contributed by atoms with van der Waals surface area (Å²) in [4.78, 5) is 15.9. The van der Waals surface area contributed by atoms with E-state index in [0.29, 0.717) is 14.6 Å². The molecule has 6 heteroatoms. The first kappa shape index (κ1) is 17.6. The number of carboxylic acid groups (broad SMARTS) is 1. The monoisotopic (exact) mass is 461 g/mol. The Labute approximate surface area is 161 Å². The van der Waals surface area contributed by atoms with Crippen molar-refractivity contribution in [1.82, 2.24) is 0 Å². The Morgan fingerprint density at radius 3 is 2.24 bits per heavy atom. The average molecular weight is 463 g/mol. The lowest BCUT2D eigenvalue weighted by Gasteiger charge is -2.07. The van der Waals surface area contributed by atoms with E-state index in [1.54, 1.807) is 18.2 Å². The van der Waals surface area contributed by atoms with Crippen molar-refractivity contribution in [1.29, 1.82) is 0 Å². The Morgan fingerprint density at radius 1 is 0.960 bits per heavy atom. The van der Waals surface area contributed by atoms with E-state index in [0.717, 1.165) is 16.3 Å². The first-order valence-electron chi connectivity index (χ1n) is 7.40. The number of phenols is 1. The third kappa shape index (κ3) is 4.08. The van der Waals surface area contributed by atoms with Crippen molar-refractivity contribution >= 4 is 60.0 Å². The Kier molecular flexibility index (Phi) is 5.20. The summed E-state index contributed by atoms with van der Waals surface area (Å²) in [5.41, 5.74) is 1.34. The van der Waals surface area contributed by atoms with Gasteiger partial charge in [0.15, 0.2) is 0 Å². The molecular weight excluding hydrogens is 450 g/mol. The van der Waals surface area contributed by atoms with Crippen LogP contribution in [0.15, 0.2) is 68.5 Å². The first-order valence-corrected chi connectivity index (χ1v) is 8.99. The number of fused-ring (bicyclic) bond motifs is 1. The fourth-order valence-corrected chi connectivity index (χ4v) is 3.76. The summed E-state index contributed by atoms with van der Waals surface area (Å²) >= 11 is 6.50. The molecule has 0 spiro atoms. The van der Waals surface area contributed by atoms with Gasteiger partial charge in [0.05, 0.1) is 14.6 Å². The van der Waals surface area contributed by atoms with Crippen LogP contribution in [0.1, 0.15) is 5.56 Å². The predicted molar refractivity (Wildman–Crippen MR) is 106 cm³/mol. The van der Waals surface area contributed by atoms with Gasteiger partial charge in [0.1, 0.15) is 11.5 Å². The maximum absolute atomic E-state index is 11.6. The van der Waals surface area contributed by atoms with Crippen molar-refractivity contribution in [3.05, 3.63) is 69.1 Å². The van der Waals surface area contributed by atoms with Gasteiger partial charge in [-0.15, -0.1) is 0 Å². The van der Waals surface area contributed by atoms with Gasteiger partial charge < -0.3 is 10.2 Å². The summed E-state index contributed by atoms with van der Waals surface area (Å²) in [6, 6.07) is 16.8. The number of carboxylic acids is 1. The van der Waals surface area contributed by atoms with Gasteiger partial charge in [0.2, 0.25) is 0 Å². The highest BCUT2D eigenvalue weighted by atomic mass is 79.9. The van der Waals surface area contributed by atoms with E-state index in [2.05, 4.69) is 36.9 Å². The van der Waals surface area contributed by atoms with Crippen LogP contribution in [0.25, 0.3) is 10.8 Å². The Bertz CT molecular complexity index is 976. The molecule has 25 heavy (non-hydrogen) atoms. The van der Waals surface area contributed by atoms with E-state index in [4.69, 9.17) is 0 Å². The molecule has 0 aliphatic heterocycles. The molecule has 0 saturated heterocycles. The number of aliphatic carboxylic acids is 1. The lowest BCUT2D eigenvalue weighted by molar-refractivity contribution is -0.129. The summed E-state index contributed by atoms with van der Waals surface area (Å²) < 4.78 is 0.986. The summed E-state index contributed by atoms with van der Waals surface area (Å²) in [5.74, 6) is -0.999. The van der Waals surface area contributed by atoms with Crippen molar-refractivity contribution in [2.75, 3.05) is 0 Å². The number of carbonyl (C=O) groups is 1. The molecule has 3 aromatic rings. The molecule has 0 aromatic heterocycles. The fourth-order valence-electron chi connectivity index (χ4n) is 2.48. The number of hydrogen-bond donors (Lipinski definition) is 2. The zero-order valence-electron chi connectivity index (χ0n) is 12.9. The van der Waals surface area contributed by atoms with Gasteiger partial charge >= 0.3 is 5.97 Å². The van der Waals surface area contributed by atoms with Crippen molar-refractivity contribution in [2.24, 2.45) is 4.99 Å². The maximum Gasteiger partial charge on any atom is 0.350 e. The molecule has 3 rings (SSSR count). The van der Waals surface area contributed by atoms with Crippen LogP contribution >= 0.6 is 31.9 Å². The topological polar surface area (TPSA) is 69.9 Å². The lowest BCUT2D eigenvalue weighted by Crippen LogP contribution is -2.15.